The van der Waals surface area contributed by atoms with E-state index in [1.54, 1.807) is 11.3 Å². The van der Waals surface area contributed by atoms with Crippen molar-refractivity contribution in [3.05, 3.63) is 21.9 Å². The largest absolute Gasteiger partial charge is 0.376 e. The van der Waals surface area contributed by atoms with Crippen LogP contribution in [-0.2, 0) is 4.74 Å². The van der Waals surface area contributed by atoms with E-state index in [1.165, 1.54) is 9.75 Å². The predicted octanol–water partition coefficient (Wildman–Crippen LogP) is 3.01. The molecule has 0 radical (unpaired) electrons. The Labute approximate surface area is 108 Å². The topological polar surface area (TPSA) is 47.3 Å². The minimum atomic E-state index is 0.0466. The first-order chi connectivity index (χ1) is 7.90. The van der Waals surface area contributed by atoms with E-state index >= 15 is 0 Å². The quantitative estimate of drug-likeness (QED) is 0.629. The van der Waals surface area contributed by atoms with Crippen molar-refractivity contribution in [3.8, 4) is 0 Å². The van der Waals surface area contributed by atoms with E-state index < -0.39 is 0 Å². The van der Waals surface area contributed by atoms with Gasteiger partial charge >= 0.3 is 0 Å². The van der Waals surface area contributed by atoms with E-state index in [9.17, 15) is 0 Å². The van der Waals surface area contributed by atoms with Crippen LogP contribution in [0.2, 0.25) is 0 Å². The average molecular weight is 256 g/mol. The molecule has 2 atom stereocenters. The van der Waals surface area contributed by atoms with Crippen molar-refractivity contribution >= 4 is 11.3 Å². The lowest BCUT2D eigenvalue weighted by atomic mass is 9.84. The van der Waals surface area contributed by atoms with Gasteiger partial charge in [0.05, 0.1) is 12.1 Å². The van der Waals surface area contributed by atoms with Crippen molar-refractivity contribution in [1.82, 2.24) is 5.43 Å². The molecule has 1 rings (SSSR count). The molecule has 0 aliphatic carbocycles. The second-order valence-electron chi connectivity index (χ2n) is 5.33. The highest BCUT2D eigenvalue weighted by Crippen LogP contribution is 2.35. The molecule has 3 N–H and O–H groups in total. The van der Waals surface area contributed by atoms with E-state index in [2.05, 4.69) is 45.3 Å². The van der Waals surface area contributed by atoms with Gasteiger partial charge in [-0.3, -0.25) is 5.84 Å². The first-order valence-corrected chi connectivity index (χ1v) is 6.85. The molecule has 0 saturated carbocycles. The Morgan fingerprint density at radius 1 is 1.41 bits per heavy atom. The molecule has 1 heterocycles. The van der Waals surface area contributed by atoms with Crippen LogP contribution < -0.4 is 11.3 Å². The van der Waals surface area contributed by atoms with Gasteiger partial charge in [0.25, 0.3) is 0 Å². The van der Waals surface area contributed by atoms with Gasteiger partial charge in [-0.15, -0.1) is 11.3 Å². The van der Waals surface area contributed by atoms with Crippen LogP contribution in [0, 0.1) is 12.3 Å². The molecule has 4 heteroatoms. The van der Waals surface area contributed by atoms with Gasteiger partial charge in [-0.25, -0.2) is 5.43 Å². The minimum Gasteiger partial charge on any atom is -0.376 e. The van der Waals surface area contributed by atoms with Crippen LogP contribution in [0.3, 0.4) is 0 Å². The lowest BCUT2D eigenvalue weighted by molar-refractivity contribution is -0.0359. The molecule has 0 amide bonds. The number of nitrogens with two attached hydrogens (primary N) is 1. The molecule has 3 nitrogen and oxygen atoms in total. The highest BCUT2D eigenvalue weighted by molar-refractivity contribution is 7.12. The smallest absolute Gasteiger partial charge is 0.0838 e. The Morgan fingerprint density at radius 2 is 2.06 bits per heavy atom. The van der Waals surface area contributed by atoms with Crippen molar-refractivity contribution in [2.75, 3.05) is 6.61 Å². The highest BCUT2D eigenvalue weighted by Gasteiger charge is 2.34. The average Bonchev–Trinajstić information content (AvgIpc) is 2.63. The number of hydrogen-bond acceptors (Lipinski definition) is 4. The molecule has 0 spiro atoms. The maximum atomic E-state index is 5.89. The van der Waals surface area contributed by atoms with E-state index in [0.717, 1.165) is 0 Å². The van der Waals surface area contributed by atoms with E-state index in [4.69, 9.17) is 10.6 Å². The number of rotatable bonds is 5. The first kappa shape index (κ1) is 14.6. The van der Waals surface area contributed by atoms with Gasteiger partial charge in [0.15, 0.2) is 0 Å². The van der Waals surface area contributed by atoms with Crippen LogP contribution in [0.5, 0.6) is 0 Å². The second-order valence-corrected chi connectivity index (χ2v) is 6.65. The molecular weight excluding hydrogens is 232 g/mol. The zero-order valence-corrected chi connectivity index (χ0v) is 12.2. The zero-order chi connectivity index (χ0) is 13.1. The molecule has 2 unspecified atom stereocenters. The molecule has 1 aromatic heterocycles. The molecule has 17 heavy (non-hydrogen) atoms. The van der Waals surface area contributed by atoms with Gasteiger partial charge in [-0.05, 0) is 31.4 Å². The highest BCUT2D eigenvalue weighted by atomic mass is 32.1. The lowest BCUT2D eigenvalue weighted by Gasteiger charge is -2.36. The van der Waals surface area contributed by atoms with Crippen molar-refractivity contribution in [1.29, 1.82) is 0 Å². The number of ether oxygens (including phenoxy) is 1. The molecule has 0 aliphatic rings. The second kappa shape index (κ2) is 5.96. The fraction of sp³-hybridized carbons (Fsp3) is 0.692. The van der Waals surface area contributed by atoms with Crippen LogP contribution in [0.25, 0.3) is 0 Å². The van der Waals surface area contributed by atoms with Crippen LogP contribution in [0.4, 0.5) is 0 Å². The Hall–Kier alpha value is -0.420. The normalized spacial score (nSPS) is 15.9. The summed E-state index contributed by atoms with van der Waals surface area (Å²) in [4.78, 5) is 2.53. The fourth-order valence-corrected chi connectivity index (χ4v) is 2.93. The SMILES string of the molecule is CCOC(C(NN)c1ccc(C)s1)C(C)(C)C. The minimum absolute atomic E-state index is 0.0466. The van der Waals surface area contributed by atoms with Gasteiger partial charge in [0, 0.05) is 16.4 Å². The molecular formula is C13H24N2OS. The third-order valence-corrected chi connectivity index (χ3v) is 3.83. The summed E-state index contributed by atoms with van der Waals surface area (Å²) in [7, 11) is 0. The van der Waals surface area contributed by atoms with Gasteiger partial charge in [-0.2, -0.15) is 0 Å². The number of nitrogens with one attached hydrogen (secondary N) is 1. The summed E-state index contributed by atoms with van der Waals surface area (Å²) in [6.45, 7) is 11.4. The van der Waals surface area contributed by atoms with E-state index in [0.29, 0.717) is 6.61 Å². The van der Waals surface area contributed by atoms with Crippen LogP contribution >= 0.6 is 11.3 Å². The predicted molar refractivity (Wildman–Crippen MR) is 74.0 cm³/mol. The number of thiophene rings is 1. The molecule has 0 aromatic carbocycles. The van der Waals surface area contributed by atoms with E-state index in [1.807, 2.05) is 6.92 Å². The molecule has 0 bridgehead atoms. The van der Waals surface area contributed by atoms with Gasteiger partial charge in [-0.1, -0.05) is 20.8 Å². The Kier molecular flexibility index (Phi) is 5.13. The number of hydrazine groups is 1. The molecule has 1 aromatic rings. The maximum absolute atomic E-state index is 5.89. The maximum Gasteiger partial charge on any atom is 0.0838 e. The standard InChI is InChI=1S/C13H24N2OS/c1-6-16-12(13(3,4)5)11(15-14)10-8-7-9(2)17-10/h7-8,11-12,15H,6,14H2,1-5H3. The molecule has 0 fully saturated rings. The lowest BCUT2D eigenvalue weighted by Crippen LogP contribution is -2.44. The zero-order valence-electron chi connectivity index (χ0n) is 11.4. The summed E-state index contributed by atoms with van der Waals surface area (Å²) in [6, 6.07) is 4.30. The van der Waals surface area contributed by atoms with Crippen molar-refractivity contribution in [2.24, 2.45) is 11.3 Å². The summed E-state index contributed by atoms with van der Waals surface area (Å²) >= 11 is 1.77. The Bertz CT molecular complexity index is 343. The third-order valence-electron chi connectivity index (χ3n) is 2.75. The summed E-state index contributed by atoms with van der Waals surface area (Å²) in [5, 5.41) is 0. The van der Waals surface area contributed by atoms with Gasteiger partial charge in [0.1, 0.15) is 0 Å². The fourth-order valence-electron chi connectivity index (χ4n) is 1.97. The Morgan fingerprint density at radius 3 is 2.41 bits per heavy atom. The Balaban J connectivity index is 2.97. The van der Waals surface area contributed by atoms with Gasteiger partial charge in [0.2, 0.25) is 0 Å². The third kappa shape index (κ3) is 3.78. The van der Waals surface area contributed by atoms with Crippen molar-refractivity contribution < 1.29 is 4.74 Å². The summed E-state index contributed by atoms with van der Waals surface area (Å²) < 4.78 is 5.89. The van der Waals surface area contributed by atoms with Crippen molar-refractivity contribution in [3.63, 3.8) is 0 Å². The summed E-state index contributed by atoms with van der Waals surface area (Å²) in [5.41, 5.74) is 2.96. The molecule has 0 aliphatic heterocycles. The van der Waals surface area contributed by atoms with Crippen LogP contribution in [0.15, 0.2) is 12.1 Å². The van der Waals surface area contributed by atoms with Gasteiger partial charge < -0.3 is 4.74 Å². The summed E-state index contributed by atoms with van der Waals surface area (Å²) in [5.74, 6) is 5.72. The van der Waals surface area contributed by atoms with Crippen LogP contribution in [-0.4, -0.2) is 12.7 Å². The molecule has 0 saturated heterocycles. The first-order valence-electron chi connectivity index (χ1n) is 6.04. The number of aryl methyl sites for hydroxylation is 1. The number of hydrogen-bond donors (Lipinski definition) is 2. The van der Waals surface area contributed by atoms with Crippen LogP contribution in [0.1, 0.15) is 43.5 Å². The van der Waals surface area contributed by atoms with E-state index in [-0.39, 0.29) is 17.6 Å². The monoisotopic (exact) mass is 256 g/mol. The molecule has 98 valence electrons. The summed E-state index contributed by atoms with van der Waals surface area (Å²) in [6.07, 6.45) is 0.0653. The van der Waals surface area contributed by atoms with Crippen molar-refractivity contribution in [2.45, 2.75) is 46.8 Å².